The van der Waals surface area contributed by atoms with Gasteiger partial charge in [0.1, 0.15) is 11.6 Å². The van der Waals surface area contributed by atoms with Crippen LogP contribution in [0.5, 0.6) is 5.75 Å². The standard InChI is InChI=1S/C19H17FN2O2/c1-12-3-4-13(2)18(9-12)24-11-19(23)22-17-7-8-21-16-6-5-14(20)10-15(16)17/h3-10H,11H2,1-2H3,(H,21,22,23). The van der Waals surface area contributed by atoms with Gasteiger partial charge in [0.2, 0.25) is 0 Å². The van der Waals surface area contributed by atoms with Crippen LogP contribution in [0.15, 0.2) is 48.7 Å². The van der Waals surface area contributed by atoms with Crippen LogP contribution in [-0.2, 0) is 4.79 Å². The van der Waals surface area contributed by atoms with Crippen LogP contribution in [0.1, 0.15) is 11.1 Å². The SMILES string of the molecule is Cc1ccc(C)c(OCC(=O)Nc2ccnc3ccc(F)cc23)c1. The molecular weight excluding hydrogens is 307 g/mol. The first kappa shape index (κ1) is 15.9. The number of nitrogens with one attached hydrogen (secondary N) is 1. The number of nitrogens with zero attached hydrogens (tertiary/aromatic N) is 1. The zero-order chi connectivity index (χ0) is 17.1. The van der Waals surface area contributed by atoms with Crippen molar-refractivity contribution in [3.05, 3.63) is 65.6 Å². The predicted octanol–water partition coefficient (Wildman–Crippen LogP) is 4.01. The van der Waals surface area contributed by atoms with Gasteiger partial charge in [-0.05, 0) is 55.3 Å². The van der Waals surface area contributed by atoms with E-state index < -0.39 is 0 Å². The molecule has 5 heteroatoms. The summed E-state index contributed by atoms with van der Waals surface area (Å²) in [5.74, 6) is -0.0129. The first-order chi connectivity index (χ1) is 11.5. The Balaban J connectivity index is 1.73. The minimum Gasteiger partial charge on any atom is -0.483 e. The second-order valence-electron chi connectivity index (χ2n) is 5.63. The largest absolute Gasteiger partial charge is 0.483 e. The molecule has 0 aliphatic heterocycles. The number of hydrogen-bond donors (Lipinski definition) is 1. The van der Waals surface area contributed by atoms with Crippen molar-refractivity contribution in [1.82, 2.24) is 4.98 Å². The zero-order valence-electron chi connectivity index (χ0n) is 13.5. The molecule has 0 fully saturated rings. The quantitative estimate of drug-likeness (QED) is 0.789. The molecule has 3 rings (SSSR count). The van der Waals surface area contributed by atoms with Crippen LogP contribution in [0.4, 0.5) is 10.1 Å². The van der Waals surface area contributed by atoms with Crippen molar-refractivity contribution < 1.29 is 13.9 Å². The second kappa shape index (κ2) is 6.66. The van der Waals surface area contributed by atoms with Crippen LogP contribution in [0, 0.1) is 19.7 Å². The molecule has 2 aromatic carbocycles. The summed E-state index contributed by atoms with van der Waals surface area (Å²) in [5, 5.41) is 3.30. The highest BCUT2D eigenvalue weighted by Crippen LogP contribution is 2.23. The Morgan fingerprint density at radius 1 is 1.17 bits per heavy atom. The zero-order valence-corrected chi connectivity index (χ0v) is 13.5. The minimum absolute atomic E-state index is 0.122. The number of halogens is 1. The monoisotopic (exact) mass is 324 g/mol. The van der Waals surface area contributed by atoms with E-state index in [1.54, 1.807) is 18.3 Å². The Labute approximate surface area is 139 Å². The molecule has 0 atom stereocenters. The lowest BCUT2D eigenvalue weighted by molar-refractivity contribution is -0.118. The van der Waals surface area contributed by atoms with E-state index in [-0.39, 0.29) is 18.3 Å². The number of benzene rings is 2. The topological polar surface area (TPSA) is 51.2 Å². The van der Waals surface area contributed by atoms with Crippen molar-refractivity contribution >= 4 is 22.5 Å². The average molecular weight is 324 g/mol. The number of anilines is 1. The summed E-state index contributed by atoms with van der Waals surface area (Å²) in [6.07, 6.45) is 1.57. The molecule has 3 aromatic rings. The molecule has 0 bridgehead atoms. The molecule has 4 nitrogen and oxygen atoms in total. The summed E-state index contributed by atoms with van der Waals surface area (Å²) in [4.78, 5) is 16.3. The summed E-state index contributed by atoms with van der Waals surface area (Å²) in [7, 11) is 0. The number of ether oxygens (including phenoxy) is 1. The van der Waals surface area contributed by atoms with Gasteiger partial charge >= 0.3 is 0 Å². The number of aromatic nitrogens is 1. The Morgan fingerprint density at radius 2 is 2.00 bits per heavy atom. The summed E-state index contributed by atoms with van der Waals surface area (Å²) in [6, 6.07) is 11.7. The fourth-order valence-electron chi connectivity index (χ4n) is 2.42. The molecule has 0 aliphatic carbocycles. The molecule has 0 saturated heterocycles. The lowest BCUT2D eigenvalue weighted by Crippen LogP contribution is -2.20. The molecule has 0 spiro atoms. The summed E-state index contributed by atoms with van der Waals surface area (Å²) in [5.41, 5.74) is 3.15. The number of aryl methyl sites for hydroxylation is 2. The Hall–Kier alpha value is -2.95. The number of amides is 1. The van der Waals surface area contributed by atoms with E-state index in [2.05, 4.69) is 10.3 Å². The third kappa shape index (κ3) is 3.51. The van der Waals surface area contributed by atoms with Crippen molar-refractivity contribution in [2.75, 3.05) is 11.9 Å². The minimum atomic E-state index is -0.377. The van der Waals surface area contributed by atoms with E-state index in [9.17, 15) is 9.18 Å². The Kier molecular flexibility index (Phi) is 4.42. The summed E-state index contributed by atoms with van der Waals surface area (Å²) < 4.78 is 19.0. The second-order valence-corrected chi connectivity index (χ2v) is 5.63. The van der Waals surface area contributed by atoms with E-state index >= 15 is 0 Å². The van der Waals surface area contributed by atoms with Crippen LogP contribution in [0.25, 0.3) is 10.9 Å². The molecule has 24 heavy (non-hydrogen) atoms. The molecule has 0 saturated carbocycles. The van der Waals surface area contributed by atoms with Crippen LogP contribution in [0.3, 0.4) is 0 Å². The molecule has 122 valence electrons. The normalized spacial score (nSPS) is 10.6. The number of fused-ring (bicyclic) bond motifs is 1. The van der Waals surface area contributed by atoms with E-state index in [1.807, 2.05) is 32.0 Å². The Morgan fingerprint density at radius 3 is 2.83 bits per heavy atom. The molecule has 0 radical (unpaired) electrons. The maximum atomic E-state index is 13.4. The lowest BCUT2D eigenvalue weighted by atomic mass is 10.1. The lowest BCUT2D eigenvalue weighted by Gasteiger charge is -2.11. The number of carbonyl (C=O) groups is 1. The fourth-order valence-corrected chi connectivity index (χ4v) is 2.42. The van der Waals surface area contributed by atoms with Crippen LogP contribution >= 0.6 is 0 Å². The third-order valence-corrected chi connectivity index (χ3v) is 3.68. The molecular formula is C19H17FN2O2. The van der Waals surface area contributed by atoms with Gasteiger partial charge in [0, 0.05) is 11.6 Å². The van der Waals surface area contributed by atoms with E-state index in [0.717, 1.165) is 11.1 Å². The van der Waals surface area contributed by atoms with Gasteiger partial charge in [-0.2, -0.15) is 0 Å². The number of carbonyl (C=O) groups excluding carboxylic acids is 1. The molecule has 0 aliphatic rings. The van der Waals surface area contributed by atoms with Gasteiger partial charge in [-0.1, -0.05) is 12.1 Å². The van der Waals surface area contributed by atoms with Crippen molar-refractivity contribution in [3.63, 3.8) is 0 Å². The van der Waals surface area contributed by atoms with Gasteiger partial charge in [0.25, 0.3) is 5.91 Å². The Bertz CT molecular complexity index is 909. The maximum Gasteiger partial charge on any atom is 0.262 e. The highest BCUT2D eigenvalue weighted by molar-refractivity contribution is 6.01. The predicted molar refractivity (Wildman–Crippen MR) is 91.7 cm³/mol. The summed E-state index contributed by atoms with van der Waals surface area (Å²) >= 11 is 0. The van der Waals surface area contributed by atoms with Gasteiger partial charge in [0.05, 0.1) is 11.2 Å². The molecule has 1 aromatic heterocycles. The highest BCUT2D eigenvalue weighted by Gasteiger charge is 2.09. The molecule has 0 unspecified atom stereocenters. The van der Waals surface area contributed by atoms with Crippen LogP contribution < -0.4 is 10.1 Å². The van der Waals surface area contributed by atoms with Gasteiger partial charge in [-0.3, -0.25) is 9.78 Å². The summed E-state index contributed by atoms with van der Waals surface area (Å²) in [6.45, 7) is 3.76. The van der Waals surface area contributed by atoms with Crippen LogP contribution in [0.2, 0.25) is 0 Å². The van der Waals surface area contributed by atoms with Crippen molar-refractivity contribution in [2.45, 2.75) is 13.8 Å². The first-order valence-electron chi connectivity index (χ1n) is 7.57. The molecule has 1 amide bonds. The van der Waals surface area contributed by atoms with Crippen molar-refractivity contribution in [3.8, 4) is 5.75 Å². The van der Waals surface area contributed by atoms with Crippen molar-refractivity contribution in [2.24, 2.45) is 0 Å². The van der Waals surface area contributed by atoms with E-state index in [0.29, 0.717) is 22.3 Å². The maximum absolute atomic E-state index is 13.4. The van der Waals surface area contributed by atoms with Gasteiger partial charge < -0.3 is 10.1 Å². The van der Waals surface area contributed by atoms with Crippen molar-refractivity contribution in [1.29, 1.82) is 0 Å². The highest BCUT2D eigenvalue weighted by atomic mass is 19.1. The van der Waals surface area contributed by atoms with Crippen LogP contribution in [-0.4, -0.2) is 17.5 Å². The fraction of sp³-hybridized carbons (Fsp3) is 0.158. The number of rotatable bonds is 4. The van der Waals surface area contributed by atoms with E-state index in [4.69, 9.17) is 4.74 Å². The third-order valence-electron chi connectivity index (χ3n) is 3.68. The molecule has 1 N–H and O–H groups in total. The smallest absolute Gasteiger partial charge is 0.262 e. The average Bonchev–Trinajstić information content (AvgIpc) is 2.56. The molecule has 1 heterocycles. The van der Waals surface area contributed by atoms with Gasteiger partial charge in [-0.25, -0.2) is 4.39 Å². The van der Waals surface area contributed by atoms with Gasteiger partial charge in [0.15, 0.2) is 6.61 Å². The van der Waals surface area contributed by atoms with E-state index in [1.165, 1.54) is 12.1 Å². The first-order valence-corrected chi connectivity index (χ1v) is 7.57. The van der Waals surface area contributed by atoms with Gasteiger partial charge in [-0.15, -0.1) is 0 Å². The number of pyridine rings is 1. The number of hydrogen-bond acceptors (Lipinski definition) is 3.